The first-order chi connectivity index (χ1) is 11.2. The van der Waals surface area contributed by atoms with Crippen LogP contribution in [0.2, 0.25) is 0 Å². The van der Waals surface area contributed by atoms with Crippen molar-refractivity contribution >= 4 is 15.7 Å². The smallest absolute Gasteiger partial charge is 0.267 e. The van der Waals surface area contributed by atoms with Crippen molar-refractivity contribution in [3.63, 3.8) is 0 Å². The summed E-state index contributed by atoms with van der Waals surface area (Å²) in [5, 5.41) is 8.60. The zero-order valence-electron chi connectivity index (χ0n) is 11.5. The first kappa shape index (κ1) is 17.9. The van der Waals surface area contributed by atoms with Crippen molar-refractivity contribution in [1.82, 2.24) is 0 Å². The topological polar surface area (TPSA) is 75.6 Å². The predicted molar refractivity (Wildman–Crippen MR) is 71.2 cm³/mol. The number of aliphatic hydroxyl groups excluding tert-OH is 1. The van der Waals surface area contributed by atoms with Crippen LogP contribution in [0.25, 0.3) is 0 Å². The second-order valence-electron chi connectivity index (χ2n) is 4.31. The molecule has 0 bridgehead atoms. The zero-order valence-corrected chi connectivity index (χ0v) is 12.3. The molecule has 0 aliphatic rings. The highest BCUT2D eigenvalue weighted by Gasteiger charge is 2.33. The van der Waals surface area contributed by atoms with E-state index in [9.17, 15) is 30.4 Å². The monoisotopic (exact) mass is 369 g/mol. The Labute approximate surface area is 132 Å². The maximum atomic E-state index is 13.6. The quantitative estimate of drug-likeness (QED) is 0.368. The van der Waals surface area contributed by atoms with Crippen molar-refractivity contribution in [2.45, 2.75) is 4.90 Å². The molecule has 0 aliphatic carbocycles. The molecule has 0 fully saturated rings. The van der Waals surface area contributed by atoms with Crippen molar-refractivity contribution in [1.29, 1.82) is 0 Å². The first-order valence-corrected chi connectivity index (χ1v) is 7.55. The summed E-state index contributed by atoms with van der Waals surface area (Å²) in [6, 6.07) is 4.75. The van der Waals surface area contributed by atoms with E-state index >= 15 is 0 Å². The molecular formula is C13H8F5NO4S. The highest BCUT2D eigenvalue weighted by atomic mass is 32.2. The molecule has 0 unspecified atom stereocenters. The lowest BCUT2D eigenvalue weighted by molar-refractivity contribution is 0.0986. The van der Waals surface area contributed by atoms with Gasteiger partial charge in [0.25, 0.3) is 10.0 Å². The van der Waals surface area contributed by atoms with Crippen molar-refractivity contribution in [2.75, 3.05) is 11.5 Å². The van der Waals surface area contributed by atoms with Gasteiger partial charge in [0.2, 0.25) is 5.82 Å². The van der Waals surface area contributed by atoms with E-state index in [1.165, 1.54) is 12.1 Å². The van der Waals surface area contributed by atoms with Crippen molar-refractivity contribution in [3.8, 4) is 5.75 Å². The summed E-state index contributed by atoms with van der Waals surface area (Å²) >= 11 is 0. The Kier molecular flexibility index (Phi) is 4.94. The maximum Gasteiger partial charge on any atom is 0.267 e. The van der Waals surface area contributed by atoms with Crippen LogP contribution in [-0.2, 0) is 10.0 Å². The average molecular weight is 369 g/mol. The van der Waals surface area contributed by atoms with Gasteiger partial charge in [-0.2, -0.15) is 0 Å². The van der Waals surface area contributed by atoms with E-state index in [-0.39, 0.29) is 11.4 Å². The van der Waals surface area contributed by atoms with Gasteiger partial charge in [-0.05, 0) is 12.1 Å². The summed E-state index contributed by atoms with van der Waals surface area (Å²) in [7, 11) is -5.13. The number of hydrogen-bond acceptors (Lipinski definition) is 4. The second-order valence-corrected chi connectivity index (χ2v) is 5.93. The fourth-order valence-corrected chi connectivity index (χ4v) is 2.94. The van der Waals surface area contributed by atoms with Gasteiger partial charge < -0.3 is 9.84 Å². The van der Waals surface area contributed by atoms with Gasteiger partial charge >= 0.3 is 0 Å². The normalized spacial score (nSPS) is 11.4. The lowest BCUT2D eigenvalue weighted by Crippen LogP contribution is -2.19. The van der Waals surface area contributed by atoms with Crippen LogP contribution in [0.1, 0.15) is 0 Å². The Morgan fingerprint density at radius 3 is 2.04 bits per heavy atom. The number of nitrogens with one attached hydrogen (secondary N) is 1. The number of ether oxygens (including phenoxy) is 1. The van der Waals surface area contributed by atoms with Crippen LogP contribution in [-0.4, -0.2) is 20.3 Å². The van der Waals surface area contributed by atoms with Crippen LogP contribution < -0.4 is 9.46 Å². The summed E-state index contributed by atoms with van der Waals surface area (Å²) in [6.45, 7) is -0.728. The summed E-state index contributed by atoms with van der Waals surface area (Å²) in [5.41, 5.74) is -0.287. The molecular weight excluding hydrogens is 361 g/mol. The number of rotatable bonds is 5. The van der Waals surface area contributed by atoms with Crippen molar-refractivity contribution < 1.29 is 40.2 Å². The molecule has 0 aliphatic heterocycles. The standard InChI is InChI=1S/C13H8F5NO4S/c14-8-9(15)11(17)13(12(18)10(8)16)24(21,22)19-6-2-1-3-7(4-6)23-5-20/h1-4,19-20H,5H2. The van der Waals surface area contributed by atoms with Crippen molar-refractivity contribution in [2.24, 2.45) is 0 Å². The Hall–Kier alpha value is -2.40. The number of benzene rings is 2. The van der Waals surface area contributed by atoms with Crippen LogP contribution in [0.15, 0.2) is 29.2 Å². The summed E-state index contributed by atoms with van der Waals surface area (Å²) < 4.78 is 96.8. The van der Waals surface area contributed by atoms with Crippen LogP contribution >= 0.6 is 0 Å². The molecule has 2 N–H and O–H groups in total. The molecule has 0 amide bonds. The van der Waals surface area contributed by atoms with Crippen molar-refractivity contribution in [3.05, 3.63) is 53.4 Å². The highest BCUT2D eigenvalue weighted by Crippen LogP contribution is 2.28. The van der Waals surface area contributed by atoms with Gasteiger partial charge in [-0.3, -0.25) is 4.72 Å². The largest absolute Gasteiger partial charge is 0.468 e. The molecule has 0 heterocycles. The molecule has 11 heteroatoms. The lowest BCUT2D eigenvalue weighted by Gasteiger charge is -2.12. The number of anilines is 1. The molecule has 5 nitrogen and oxygen atoms in total. The molecule has 2 aromatic rings. The minimum Gasteiger partial charge on any atom is -0.468 e. The third-order valence-electron chi connectivity index (χ3n) is 2.76. The van der Waals surface area contributed by atoms with E-state index in [4.69, 9.17) is 5.11 Å². The maximum absolute atomic E-state index is 13.6. The second kappa shape index (κ2) is 6.61. The van der Waals surface area contributed by atoms with E-state index < -0.39 is 50.8 Å². The van der Waals surface area contributed by atoms with Gasteiger partial charge in [0.05, 0.1) is 5.69 Å². The average Bonchev–Trinajstić information content (AvgIpc) is 2.51. The van der Waals surface area contributed by atoms with Crippen LogP contribution in [0.3, 0.4) is 0 Å². The van der Waals surface area contributed by atoms with Crippen LogP contribution in [0.5, 0.6) is 5.75 Å². The zero-order chi connectivity index (χ0) is 18.1. The fourth-order valence-electron chi connectivity index (χ4n) is 1.75. The van der Waals surface area contributed by atoms with Gasteiger partial charge in [0, 0.05) is 6.07 Å². The van der Waals surface area contributed by atoms with Gasteiger partial charge in [0.15, 0.2) is 35.0 Å². The molecule has 130 valence electrons. The van der Waals surface area contributed by atoms with Gasteiger partial charge in [-0.1, -0.05) is 6.07 Å². The Morgan fingerprint density at radius 1 is 0.958 bits per heavy atom. The first-order valence-electron chi connectivity index (χ1n) is 6.07. The molecule has 24 heavy (non-hydrogen) atoms. The Morgan fingerprint density at radius 2 is 1.50 bits per heavy atom. The fraction of sp³-hybridized carbons (Fsp3) is 0.0769. The van der Waals surface area contributed by atoms with Gasteiger partial charge in [0.1, 0.15) is 5.75 Å². The molecule has 0 radical (unpaired) electrons. The Balaban J connectivity index is 2.51. The number of hydrogen-bond donors (Lipinski definition) is 2. The number of sulfonamides is 1. The molecule has 0 aromatic heterocycles. The van der Waals surface area contributed by atoms with E-state index in [1.807, 2.05) is 0 Å². The van der Waals surface area contributed by atoms with Crippen LogP contribution in [0.4, 0.5) is 27.6 Å². The van der Waals surface area contributed by atoms with Gasteiger partial charge in [-0.15, -0.1) is 0 Å². The predicted octanol–water partition coefficient (Wildman–Crippen LogP) is 2.51. The van der Waals surface area contributed by atoms with E-state index in [1.54, 1.807) is 4.72 Å². The third-order valence-corrected chi connectivity index (χ3v) is 4.16. The minimum absolute atomic E-state index is 0.00453. The molecule has 0 spiro atoms. The Bertz CT molecular complexity index is 859. The molecule has 2 rings (SSSR count). The molecule has 0 saturated heterocycles. The summed E-state index contributed by atoms with van der Waals surface area (Å²) in [5.74, 6) is -12.2. The molecule has 0 atom stereocenters. The van der Waals surface area contributed by atoms with E-state index in [2.05, 4.69) is 4.74 Å². The number of aliphatic hydroxyl groups is 1. The van der Waals surface area contributed by atoms with E-state index in [0.717, 1.165) is 12.1 Å². The molecule has 2 aromatic carbocycles. The van der Waals surface area contributed by atoms with E-state index in [0.29, 0.717) is 0 Å². The minimum atomic E-state index is -5.13. The summed E-state index contributed by atoms with van der Waals surface area (Å²) in [6.07, 6.45) is 0. The van der Waals surface area contributed by atoms with Gasteiger partial charge in [-0.25, -0.2) is 30.4 Å². The SMILES string of the molecule is O=S(=O)(Nc1cccc(OCO)c1)c1c(F)c(F)c(F)c(F)c1F. The lowest BCUT2D eigenvalue weighted by atomic mass is 10.3. The summed E-state index contributed by atoms with van der Waals surface area (Å²) in [4.78, 5) is -2.01. The highest BCUT2D eigenvalue weighted by molar-refractivity contribution is 7.92. The van der Waals surface area contributed by atoms with Crippen LogP contribution in [0, 0.1) is 29.1 Å². The number of halogens is 5. The third kappa shape index (κ3) is 3.26. The molecule has 0 saturated carbocycles.